The Hall–Kier alpha value is -1.72. The first-order valence-corrected chi connectivity index (χ1v) is 5.07. The van der Waals surface area contributed by atoms with Crippen LogP contribution in [0.15, 0.2) is 29.3 Å². The molecule has 17 heavy (non-hydrogen) atoms. The number of nitrogens with two attached hydrogens (primary N) is 1. The van der Waals surface area contributed by atoms with Crippen molar-refractivity contribution in [2.75, 3.05) is 11.9 Å². The number of hydrogen-bond acceptors (Lipinski definition) is 1. The minimum absolute atomic E-state index is 0.0156. The van der Waals surface area contributed by atoms with Crippen LogP contribution in [-0.2, 0) is 0 Å². The second-order valence-corrected chi connectivity index (χ2v) is 3.62. The minimum atomic E-state index is -4.20. The van der Waals surface area contributed by atoms with E-state index in [4.69, 9.17) is 5.73 Å². The van der Waals surface area contributed by atoms with E-state index in [2.05, 4.69) is 10.3 Å². The van der Waals surface area contributed by atoms with Crippen LogP contribution in [0.1, 0.15) is 12.0 Å². The number of nitrogens with one attached hydrogen (secondary N) is 1. The average molecular weight is 245 g/mol. The van der Waals surface area contributed by atoms with Gasteiger partial charge in [-0.1, -0.05) is 17.7 Å². The van der Waals surface area contributed by atoms with Crippen molar-refractivity contribution < 1.29 is 13.2 Å². The fourth-order valence-electron chi connectivity index (χ4n) is 1.13. The Bertz CT molecular complexity index is 382. The fourth-order valence-corrected chi connectivity index (χ4v) is 1.13. The summed E-state index contributed by atoms with van der Waals surface area (Å²) in [7, 11) is 0. The molecule has 0 atom stereocenters. The Kier molecular flexibility index (Phi) is 4.37. The summed E-state index contributed by atoms with van der Waals surface area (Å²) < 4.78 is 35.5. The molecule has 3 N–H and O–H groups in total. The summed E-state index contributed by atoms with van der Waals surface area (Å²) in [4.78, 5) is 3.59. The lowest BCUT2D eigenvalue weighted by Gasteiger charge is -2.07. The molecule has 0 amide bonds. The van der Waals surface area contributed by atoms with E-state index in [1.165, 1.54) is 0 Å². The van der Waals surface area contributed by atoms with E-state index in [1.54, 1.807) is 12.1 Å². The molecule has 0 aliphatic rings. The number of benzene rings is 1. The van der Waals surface area contributed by atoms with Gasteiger partial charge in [0.2, 0.25) is 0 Å². The molecule has 0 spiro atoms. The summed E-state index contributed by atoms with van der Waals surface area (Å²) in [5, 5.41) is 2.72. The van der Waals surface area contributed by atoms with Crippen LogP contribution in [0.25, 0.3) is 0 Å². The van der Waals surface area contributed by atoms with Crippen LogP contribution in [0, 0.1) is 6.92 Å². The molecule has 0 bridgehead atoms. The molecule has 0 heterocycles. The topological polar surface area (TPSA) is 50.4 Å². The van der Waals surface area contributed by atoms with Gasteiger partial charge in [-0.15, -0.1) is 0 Å². The van der Waals surface area contributed by atoms with Crippen molar-refractivity contribution in [3.05, 3.63) is 29.8 Å². The van der Waals surface area contributed by atoms with Crippen LogP contribution in [0.4, 0.5) is 18.9 Å². The smallest absolute Gasteiger partial charge is 0.370 e. The zero-order valence-corrected chi connectivity index (χ0v) is 9.38. The summed E-state index contributed by atoms with van der Waals surface area (Å²) in [6, 6.07) is 7.29. The van der Waals surface area contributed by atoms with Crippen molar-refractivity contribution in [3.63, 3.8) is 0 Å². The Morgan fingerprint density at radius 1 is 1.29 bits per heavy atom. The highest BCUT2D eigenvalue weighted by Crippen LogP contribution is 2.18. The molecule has 0 aromatic heterocycles. The first-order chi connectivity index (χ1) is 7.87. The van der Waals surface area contributed by atoms with E-state index in [1.807, 2.05) is 19.1 Å². The average Bonchev–Trinajstić information content (AvgIpc) is 2.19. The lowest BCUT2D eigenvalue weighted by Crippen LogP contribution is -2.23. The largest absolute Gasteiger partial charge is 0.390 e. The summed E-state index contributed by atoms with van der Waals surface area (Å²) in [6.45, 7) is 1.57. The normalized spacial score (nSPS) is 12.6. The molecule has 6 heteroatoms. The van der Waals surface area contributed by atoms with Gasteiger partial charge in [-0.2, -0.15) is 13.2 Å². The van der Waals surface area contributed by atoms with E-state index in [0.29, 0.717) is 5.69 Å². The highest BCUT2D eigenvalue weighted by atomic mass is 19.4. The number of alkyl halides is 3. The maximum Gasteiger partial charge on any atom is 0.390 e. The first kappa shape index (κ1) is 13.3. The Morgan fingerprint density at radius 2 is 1.88 bits per heavy atom. The van der Waals surface area contributed by atoms with Crippen molar-refractivity contribution in [3.8, 4) is 0 Å². The lowest BCUT2D eigenvalue weighted by molar-refractivity contribution is -0.132. The predicted molar refractivity (Wildman–Crippen MR) is 62.0 cm³/mol. The van der Waals surface area contributed by atoms with Crippen molar-refractivity contribution in [2.24, 2.45) is 10.7 Å². The highest BCUT2D eigenvalue weighted by molar-refractivity contribution is 5.92. The zero-order valence-electron chi connectivity index (χ0n) is 9.38. The van der Waals surface area contributed by atoms with Crippen molar-refractivity contribution >= 4 is 11.6 Å². The highest BCUT2D eigenvalue weighted by Gasteiger charge is 2.26. The molecule has 3 nitrogen and oxygen atoms in total. The van der Waals surface area contributed by atoms with Gasteiger partial charge >= 0.3 is 6.18 Å². The molecule has 0 fully saturated rings. The fraction of sp³-hybridized carbons (Fsp3) is 0.364. The van der Waals surface area contributed by atoms with Gasteiger partial charge in [-0.3, -0.25) is 4.99 Å². The quantitative estimate of drug-likeness (QED) is 0.635. The van der Waals surface area contributed by atoms with Gasteiger partial charge in [0.05, 0.1) is 13.0 Å². The molecule has 1 aromatic carbocycles. The maximum absolute atomic E-state index is 11.8. The number of halogens is 3. The standard InChI is InChI=1S/C11H14F3N3/c1-8-2-4-9(5-3-8)17-10(15)16-7-6-11(12,13)14/h2-5H,6-7H2,1H3,(H3,15,16,17). The summed E-state index contributed by atoms with van der Waals surface area (Å²) in [6.07, 6.45) is -5.17. The van der Waals surface area contributed by atoms with Crippen molar-refractivity contribution in [2.45, 2.75) is 19.5 Å². The van der Waals surface area contributed by atoms with Crippen LogP contribution in [0.2, 0.25) is 0 Å². The SMILES string of the molecule is Cc1ccc(NC(N)=NCCC(F)(F)F)cc1. The van der Waals surface area contributed by atoms with Gasteiger partial charge in [-0.25, -0.2) is 0 Å². The van der Waals surface area contributed by atoms with Crippen LogP contribution in [0.3, 0.4) is 0 Å². The molecular weight excluding hydrogens is 231 g/mol. The minimum Gasteiger partial charge on any atom is -0.370 e. The molecule has 0 radical (unpaired) electrons. The molecule has 1 rings (SSSR count). The Balaban J connectivity index is 2.46. The van der Waals surface area contributed by atoms with Gasteiger partial charge in [0.1, 0.15) is 0 Å². The molecule has 94 valence electrons. The van der Waals surface area contributed by atoms with Crippen LogP contribution in [-0.4, -0.2) is 18.7 Å². The number of hydrogen-bond donors (Lipinski definition) is 2. The van der Waals surface area contributed by atoms with E-state index in [0.717, 1.165) is 5.56 Å². The van der Waals surface area contributed by atoms with Crippen molar-refractivity contribution in [1.29, 1.82) is 0 Å². The molecule has 0 saturated carbocycles. The molecule has 1 aromatic rings. The second-order valence-electron chi connectivity index (χ2n) is 3.62. The molecule has 0 saturated heterocycles. The van der Waals surface area contributed by atoms with Crippen LogP contribution >= 0.6 is 0 Å². The molecule has 0 unspecified atom stereocenters. The third-order valence-electron chi connectivity index (χ3n) is 2.00. The number of guanidine groups is 1. The number of rotatable bonds is 3. The Labute approximate surface area is 97.5 Å². The van der Waals surface area contributed by atoms with E-state index in [-0.39, 0.29) is 12.5 Å². The first-order valence-electron chi connectivity index (χ1n) is 5.07. The molecule has 0 aliphatic heterocycles. The van der Waals surface area contributed by atoms with E-state index >= 15 is 0 Å². The van der Waals surface area contributed by atoms with Crippen molar-refractivity contribution in [1.82, 2.24) is 0 Å². The predicted octanol–water partition coefficient (Wildman–Crippen LogP) is 2.67. The number of aryl methyl sites for hydroxylation is 1. The second kappa shape index (κ2) is 5.56. The summed E-state index contributed by atoms with van der Waals surface area (Å²) in [5.41, 5.74) is 7.23. The third-order valence-corrected chi connectivity index (χ3v) is 2.00. The van der Waals surface area contributed by atoms with Gasteiger partial charge < -0.3 is 11.1 Å². The molecule has 0 aliphatic carbocycles. The van der Waals surface area contributed by atoms with E-state index < -0.39 is 12.6 Å². The zero-order chi connectivity index (χ0) is 12.9. The number of aliphatic imine (C=N–C) groups is 1. The van der Waals surface area contributed by atoms with Gasteiger partial charge in [0.25, 0.3) is 0 Å². The monoisotopic (exact) mass is 245 g/mol. The van der Waals surface area contributed by atoms with Crippen LogP contribution in [0.5, 0.6) is 0 Å². The number of nitrogens with zero attached hydrogens (tertiary/aromatic N) is 1. The maximum atomic E-state index is 11.8. The van der Waals surface area contributed by atoms with Gasteiger partial charge in [-0.05, 0) is 19.1 Å². The number of anilines is 1. The third kappa shape index (κ3) is 5.79. The van der Waals surface area contributed by atoms with Gasteiger partial charge in [0.15, 0.2) is 5.96 Å². The van der Waals surface area contributed by atoms with Gasteiger partial charge in [0, 0.05) is 5.69 Å². The summed E-state index contributed by atoms with van der Waals surface area (Å²) >= 11 is 0. The summed E-state index contributed by atoms with van der Waals surface area (Å²) in [5.74, 6) is -0.0156. The Morgan fingerprint density at radius 3 is 2.41 bits per heavy atom. The molecular formula is C11H14F3N3. The lowest BCUT2D eigenvalue weighted by atomic mass is 10.2. The van der Waals surface area contributed by atoms with Crippen LogP contribution < -0.4 is 11.1 Å². The van der Waals surface area contributed by atoms with E-state index in [9.17, 15) is 13.2 Å².